The van der Waals surface area contributed by atoms with Crippen molar-refractivity contribution in [2.75, 3.05) is 26.7 Å². The molecule has 1 fully saturated rings. The quantitative estimate of drug-likeness (QED) is 0.892. The molecule has 138 valence electrons. The number of aryl methyl sites for hydroxylation is 2. The zero-order chi connectivity index (χ0) is 18.6. The molecule has 1 aromatic carbocycles. The maximum atomic E-state index is 12.4. The lowest BCUT2D eigenvalue weighted by molar-refractivity contribution is -0.127. The normalized spacial score (nSPS) is 18.1. The van der Waals surface area contributed by atoms with E-state index in [1.54, 1.807) is 11.8 Å². The lowest BCUT2D eigenvalue weighted by Crippen LogP contribution is -2.44. The molecule has 0 unspecified atom stereocenters. The highest BCUT2D eigenvalue weighted by Crippen LogP contribution is 2.17. The predicted octanol–water partition coefficient (Wildman–Crippen LogP) is 2.74. The monoisotopic (exact) mass is 345 g/mol. The van der Waals surface area contributed by atoms with Crippen LogP contribution in [0.5, 0.6) is 0 Å². The maximum absolute atomic E-state index is 12.4. The average Bonchev–Trinajstić information content (AvgIpc) is 2.98. The van der Waals surface area contributed by atoms with E-state index in [9.17, 15) is 9.59 Å². The first kappa shape index (κ1) is 19.3. The Labute approximate surface area is 151 Å². The zero-order valence-electron chi connectivity index (χ0n) is 16.1. The molecule has 25 heavy (non-hydrogen) atoms. The summed E-state index contributed by atoms with van der Waals surface area (Å²) < 4.78 is 0. The van der Waals surface area contributed by atoms with Crippen LogP contribution in [0.2, 0.25) is 0 Å². The highest BCUT2D eigenvalue weighted by Gasteiger charge is 2.26. The molecular formula is C20H31N3O2. The van der Waals surface area contributed by atoms with Gasteiger partial charge in [-0.1, -0.05) is 23.8 Å². The van der Waals surface area contributed by atoms with Gasteiger partial charge in [-0.05, 0) is 50.7 Å². The van der Waals surface area contributed by atoms with Crippen molar-refractivity contribution in [2.45, 2.75) is 46.6 Å². The van der Waals surface area contributed by atoms with Gasteiger partial charge in [0.1, 0.15) is 0 Å². The molecule has 1 aliphatic rings. The second-order valence-electron chi connectivity index (χ2n) is 7.48. The molecule has 1 aromatic rings. The van der Waals surface area contributed by atoms with Crippen LogP contribution < -0.4 is 5.32 Å². The van der Waals surface area contributed by atoms with E-state index in [1.807, 2.05) is 18.9 Å². The summed E-state index contributed by atoms with van der Waals surface area (Å²) in [5.74, 6) is 0.492. The second-order valence-corrected chi connectivity index (χ2v) is 7.48. The number of nitrogens with one attached hydrogen (secondary N) is 1. The number of likely N-dealkylation sites (tertiary alicyclic amines) is 1. The van der Waals surface area contributed by atoms with E-state index >= 15 is 0 Å². The first-order valence-electron chi connectivity index (χ1n) is 9.09. The van der Waals surface area contributed by atoms with Crippen LogP contribution >= 0.6 is 0 Å². The summed E-state index contributed by atoms with van der Waals surface area (Å²) in [7, 11) is 1.83. The van der Waals surface area contributed by atoms with Gasteiger partial charge in [0.25, 0.3) is 0 Å². The van der Waals surface area contributed by atoms with Crippen LogP contribution in [0.15, 0.2) is 18.2 Å². The zero-order valence-corrected chi connectivity index (χ0v) is 16.1. The van der Waals surface area contributed by atoms with E-state index in [-0.39, 0.29) is 18.0 Å². The summed E-state index contributed by atoms with van der Waals surface area (Å²) in [6.45, 7) is 10.1. The summed E-state index contributed by atoms with van der Waals surface area (Å²) in [6.07, 6.45) is 1.79. The van der Waals surface area contributed by atoms with E-state index in [0.29, 0.717) is 12.5 Å². The average molecular weight is 345 g/mol. The highest BCUT2D eigenvalue weighted by molar-refractivity contribution is 5.74. The minimum atomic E-state index is -0.0430. The molecule has 5 nitrogen and oxygen atoms in total. The first-order chi connectivity index (χ1) is 11.8. The Morgan fingerprint density at radius 1 is 1.36 bits per heavy atom. The van der Waals surface area contributed by atoms with Crippen molar-refractivity contribution in [3.05, 3.63) is 34.9 Å². The van der Waals surface area contributed by atoms with Crippen molar-refractivity contribution in [3.63, 3.8) is 0 Å². The van der Waals surface area contributed by atoms with Crippen LogP contribution in [0, 0.1) is 19.8 Å². The van der Waals surface area contributed by atoms with Crippen molar-refractivity contribution >= 4 is 11.9 Å². The van der Waals surface area contributed by atoms with E-state index in [4.69, 9.17) is 0 Å². The van der Waals surface area contributed by atoms with E-state index in [2.05, 4.69) is 37.4 Å². The molecule has 1 N–H and O–H groups in total. The fraction of sp³-hybridized carbons (Fsp3) is 0.600. The van der Waals surface area contributed by atoms with Crippen LogP contribution in [0.25, 0.3) is 0 Å². The fourth-order valence-electron chi connectivity index (χ4n) is 3.51. The maximum Gasteiger partial charge on any atom is 0.317 e. The SMILES string of the molecule is CC(=O)N1CC[C@@H](CN(C)C(=O)N[C@H](C)Cc2ccc(C)cc2C)C1. The molecule has 0 bridgehead atoms. The van der Waals surface area contributed by atoms with Gasteiger partial charge in [0, 0.05) is 39.6 Å². The van der Waals surface area contributed by atoms with Crippen molar-refractivity contribution in [1.29, 1.82) is 0 Å². The molecule has 2 rings (SSSR count). The van der Waals surface area contributed by atoms with Gasteiger partial charge in [0.05, 0.1) is 0 Å². The Kier molecular flexibility index (Phi) is 6.45. The number of hydrogen-bond acceptors (Lipinski definition) is 2. The number of urea groups is 1. The topological polar surface area (TPSA) is 52.7 Å². The number of rotatable bonds is 5. The van der Waals surface area contributed by atoms with Gasteiger partial charge in [0.15, 0.2) is 0 Å². The third-order valence-electron chi connectivity index (χ3n) is 5.00. The Bertz CT molecular complexity index is 629. The third-order valence-corrected chi connectivity index (χ3v) is 5.00. The van der Waals surface area contributed by atoms with Gasteiger partial charge in [-0.2, -0.15) is 0 Å². The predicted molar refractivity (Wildman–Crippen MR) is 101 cm³/mol. The van der Waals surface area contributed by atoms with Crippen molar-refractivity contribution in [3.8, 4) is 0 Å². The number of nitrogens with zero attached hydrogens (tertiary/aromatic N) is 2. The minimum Gasteiger partial charge on any atom is -0.343 e. The number of carbonyl (C=O) groups is 2. The third kappa shape index (κ3) is 5.48. The summed E-state index contributed by atoms with van der Waals surface area (Å²) >= 11 is 0. The van der Waals surface area contributed by atoms with Crippen LogP contribution in [-0.2, 0) is 11.2 Å². The Hall–Kier alpha value is -2.04. The van der Waals surface area contributed by atoms with Crippen LogP contribution in [0.4, 0.5) is 4.79 Å². The smallest absolute Gasteiger partial charge is 0.317 e. The van der Waals surface area contributed by atoms with Gasteiger partial charge in [0.2, 0.25) is 5.91 Å². The Morgan fingerprint density at radius 3 is 2.68 bits per heavy atom. The molecule has 0 aliphatic carbocycles. The Balaban J connectivity index is 1.81. The highest BCUT2D eigenvalue weighted by atomic mass is 16.2. The molecule has 3 amide bonds. The molecule has 0 aromatic heterocycles. The van der Waals surface area contributed by atoms with Gasteiger partial charge in [-0.15, -0.1) is 0 Å². The minimum absolute atomic E-state index is 0.0430. The standard InChI is InChI=1S/C20H31N3O2/c1-14-6-7-19(15(2)10-14)11-16(3)21-20(25)22(5)12-18-8-9-23(13-18)17(4)24/h6-7,10,16,18H,8-9,11-13H2,1-5H3,(H,21,25)/t16-,18+/m1/s1. The molecular weight excluding hydrogens is 314 g/mol. The van der Waals surface area contributed by atoms with Crippen molar-refractivity contribution in [1.82, 2.24) is 15.1 Å². The molecule has 0 spiro atoms. The van der Waals surface area contributed by atoms with Gasteiger partial charge >= 0.3 is 6.03 Å². The summed E-state index contributed by atoms with van der Waals surface area (Å²) in [5.41, 5.74) is 3.80. The molecule has 5 heteroatoms. The molecule has 1 aliphatic heterocycles. The lowest BCUT2D eigenvalue weighted by atomic mass is 10.00. The van der Waals surface area contributed by atoms with Crippen molar-refractivity contribution in [2.24, 2.45) is 5.92 Å². The van der Waals surface area contributed by atoms with Gasteiger partial charge in [-0.25, -0.2) is 4.79 Å². The van der Waals surface area contributed by atoms with Crippen LogP contribution in [0.3, 0.4) is 0 Å². The number of amides is 3. The second kappa shape index (κ2) is 8.37. The van der Waals surface area contributed by atoms with E-state index < -0.39 is 0 Å². The summed E-state index contributed by atoms with van der Waals surface area (Å²) in [5, 5.41) is 3.08. The van der Waals surface area contributed by atoms with Crippen LogP contribution in [0.1, 0.15) is 37.0 Å². The molecule has 2 atom stereocenters. The van der Waals surface area contributed by atoms with Crippen molar-refractivity contribution < 1.29 is 9.59 Å². The molecule has 1 heterocycles. The summed E-state index contributed by atoms with van der Waals surface area (Å²) in [4.78, 5) is 27.4. The van der Waals surface area contributed by atoms with Gasteiger partial charge < -0.3 is 15.1 Å². The number of carbonyl (C=O) groups excluding carboxylic acids is 2. The van der Waals surface area contributed by atoms with E-state index in [0.717, 1.165) is 25.9 Å². The van der Waals surface area contributed by atoms with Crippen LogP contribution in [-0.4, -0.2) is 54.5 Å². The molecule has 1 saturated heterocycles. The molecule has 0 radical (unpaired) electrons. The largest absolute Gasteiger partial charge is 0.343 e. The fourth-order valence-corrected chi connectivity index (χ4v) is 3.51. The first-order valence-corrected chi connectivity index (χ1v) is 9.09. The van der Waals surface area contributed by atoms with Gasteiger partial charge in [-0.3, -0.25) is 4.79 Å². The lowest BCUT2D eigenvalue weighted by Gasteiger charge is -2.24. The number of benzene rings is 1. The number of hydrogen-bond donors (Lipinski definition) is 1. The molecule has 0 saturated carbocycles. The van der Waals surface area contributed by atoms with E-state index in [1.165, 1.54) is 16.7 Å². The Morgan fingerprint density at radius 2 is 2.08 bits per heavy atom. The summed E-state index contributed by atoms with van der Waals surface area (Å²) in [6, 6.07) is 6.47.